The number of benzene rings is 1. The zero-order chi connectivity index (χ0) is 13.0. The van der Waals surface area contributed by atoms with Gasteiger partial charge in [-0.3, -0.25) is 0 Å². The van der Waals surface area contributed by atoms with Gasteiger partial charge in [-0.25, -0.2) is 4.98 Å². The third-order valence-electron chi connectivity index (χ3n) is 2.53. The Morgan fingerprint density at radius 2 is 1.78 bits per heavy atom. The number of methoxy groups -OCH3 is 3. The van der Waals surface area contributed by atoms with Crippen molar-refractivity contribution in [2.45, 2.75) is 6.42 Å². The third kappa shape index (κ3) is 2.56. The highest BCUT2D eigenvalue weighted by atomic mass is 32.1. The molecule has 0 aliphatic carbocycles. The van der Waals surface area contributed by atoms with E-state index in [-0.39, 0.29) is 0 Å². The molecule has 1 radical (unpaired) electrons. The van der Waals surface area contributed by atoms with Gasteiger partial charge in [0.25, 0.3) is 0 Å². The summed E-state index contributed by atoms with van der Waals surface area (Å²) in [6.45, 7) is 0. The average molecular weight is 264 g/mol. The second kappa shape index (κ2) is 5.73. The first-order chi connectivity index (χ1) is 8.78. The molecular formula is C13H14NO3S. The van der Waals surface area contributed by atoms with Crippen LogP contribution in [0.25, 0.3) is 0 Å². The standard InChI is InChI=1S/C13H14NO3S/c1-15-11-5-9(4-10-7-14-8-18-10)6-12(16-2)13(11)17-3/h5-6,8H,4H2,1-3H3. The number of rotatable bonds is 5. The molecule has 0 unspecified atom stereocenters. The van der Waals surface area contributed by atoms with E-state index in [0.29, 0.717) is 17.2 Å². The molecule has 4 nitrogen and oxygen atoms in total. The van der Waals surface area contributed by atoms with E-state index >= 15 is 0 Å². The van der Waals surface area contributed by atoms with Gasteiger partial charge < -0.3 is 14.2 Å². The topological polar surface area (TPSA) is 40.6 Å². The molecule has 1 heterocycles. The molecule has 0 saturated carbocycles. The molecule has 0 atom stereocenters. The van der Waals surface area contributed by atoms with Gasteiger partial charge in [0.05, 0.1) is 26.8 Å². The fourth-order valence-electron chi connectivity index (χ4n) is 1.72. The zero-order valence-corrected chi connectivity index (χ0v) is 11.3. The number of hydrogen-bond donors (Lipinski definition) is 0. The van der Waals surface area contributed by atoms with Crippen molar-refractivity contribution in [1.29, 1.82) is 0 Å². The van der Waals surface area contributed by atoms with E-state index in [1.165, 1.54) is 0 Å². The van der Waals surface area contributed by atoms with E-state index in [4.69, 9.17) is 14.2 Å². The Morgan fingerprint density at radius 1 is 1.11 bits per heavy atom. The fraction of sp³-hybridized carbons (Fsp3) is 0.308. The van der Waals surface area contributed by atoms with Crippen molar-refractivity contribution >= 4 is 11.3 Å². The Balaban J connectivity index is 2.37. The van der Waals surface area contributed by atoms with Gasteiger partial charge in [-0.15, -0.1) is 11.3 Å². The fourth-order valence-corrected chi connectivity index (χ4v) is 2.31. The van der Waals surface area contributed by atoms with E-state index < -0.39 is 0 Å². The van der Waals surface area contributed by atoms with Crippen LogP contribution in [0.4, 0.5) is 0 Å². The van der Waals surface area contributed by atoms with E-state index in [1.807, 2.05) is 12.1 Å². The minimum atomic E-state index is 0.608. The second-order valence-corrected chi connectivity index (χ2v) is 4.54. The Bertz CT molecular complexity index is 486. The lowest BCUT2D eigenvalue weighted by atomic mass is 10.1. The Morgan fingerprint density at radius 3 is 2.22 bits per heavy atom. The number of ether oxygens (including phenoxy) is 3. The predicted molar refractivity (Wildman–Crippen MR) is 69.9 cm³/mol. The van der Waals surface area contributed by atoms with Crippen molar-refractivity contribution in [1.82, 2.24) is 4.98 Å². The summed E-state index contributed by atoms with van der Waals surface area (Å²) >= 11 is 1.58. The molecule has 2 rings (SSSR count). The molecule has 0 bridgehead atoms. The van der Waals surface area contributed by atoms with E-state index in [1.54, 1.807) is 38.2 Å². The highest BCUT2D eigenvalue weighted by Gasteiger charge is 2.13. The summed E-state index contributed by atoms with van der Waals surface area (Å²) < 4.78 is 15.9. The van der Waals surface area contributed by atoms with E-state index in [0.717, 1.165) is 16.9 Å². The Labute approximate surface area is 110 Å². The van der Waals surface area contributed by atoms with E-state index in [2.05, 4.69) is 11.2 Å². The maximum atomic E-state index is 5.31. The zero-order valence-electron chi connectivity index (χ0n) is 10.5. The summed E-state index contributed by atoms with van der Waals surface area (Å²) in [5.41, 5.74) is 2.85. The highest BCUT2D eigenvalue weighted by Crippen LogP contribution is 2.38. The van der Waals surface area contributed by atoms with Crippen LogP contribution in [-0.4, -0.2) is 26.3 Å². The normalized spacial score (nSPS) is 10.2. The molecular weight excluding hydrogens is 250 g/mol. The number of thiazole rings is 1. The van der Waals surface area contributed by atoms with Crippen LogP contribution in [0, 0.1) is 6.20 Å². The highest BCUT2D eigenvalue weighted by molar-refractivity contribution is 7.09. The maximum absolute atomic E-state index is 5.31. The van der Waals surface area contributed by atoms with Gasteiger partial charge in [0.15, 0.2) is 11.5 Å². The monoisotopic (exact) mass is 264 g/mol. The first kappa shape index (κ1) is 12.7. The van der Waals surface area contributed by atoms with Crippen molar-refractivity contribution in [2.24, 2.45) is 0 Å². The van der Waals surface area contributed by atoms with Gasteiger partial charge in [0.2, 0.25) is 5.75 Å². The van der Waals surface area contributed by atoms with Gasteiger partial charge in [-0.05, 0) is 17.7 Å². The lowest BCUT2D eigenvalue weighted by molar-refractivity contribution is 0.324. The van der Waals surface area contributed by atoms with Gasteiger partial charge >= 0.3 is 0 Å². The van der Waals surface area contributed by atoms with Gasteiger partial charge in [-0.1, -0.05) is 0 Å². The molecule has 2 aromatic rings. The smallest absolute Gasteiger partial charge is 0.203 e. The van der Waals surface area contributed by atoms with Crippen molar-refractivity contribution < 1.29 is 14.2 Å². The molecule has 0 fully saturated rings. The summed E-state index contributed by atoms with van der Waals surface area (Å²) in [5.74, 6) is 1.93. The Kier molecular flexibility index (Phi) is 4.04. The maximum Gasteiger partial charge on any atom is 0.203 e. The molecule has 95 valence electrons. The third-order valence-corrected chi connectivity index (χ3v) is 3.26. The van der Waals surface area contributed by atoms with Crippen LogP contribution < -0.4 is 14.2 Å². The van der Waals surface area contributed by atoms with Crippen LogP contribution in [0.1, 0.15) is 10.4 Å². The SMILES string of the molecule is COc1cc(Cc2[c]ncs2)cc(OC)c1OC. The lowest BCUT2D eigenvalue weighted by Gasteiger charge is -2.13. The summed E-state index contributed by atoms with van der Waals surface area (Å²) in [5, 5.41) is 0. The average Bonchev–Trinajstić information content (AvgIpc) is 2.90. The van der Waals surface area contributed by atoms with Crippen LogP contribution in [0.2, 0.25) is 0 Å². The van der Waals surface area contributed by atoms with Crippen LogP contribution in [0.15, 0.2) is 17.6 Å². The molecule has 1 aromatic carbocycles. The summed E-state index contributed by atoms with van der Waals surface area (Å²) in [6, 6.07) is 3.88. The lowest BCUT2D eigenvalue weighted by Crippen LogP contribution is -1.97. The first-order valence-electron chi connectivity index (χ1n) is 5.37. The quantitative estimate of drug-likeness (QED) is 0.832. The molecule has 0 N–H and O–H groups in total. The van der Waals surface area contributed by atoms with Crippen molar-refractivity contribution in [3.8, 4) is 17.2 Å². The Hall–Kier alpha value is -1.75. The van der Waals surface area contributed by atoms with Crippen molar-refractivity contribution in [3.63, 3.8) is 0 Å². The molecule has 0 spiro atoms. The minimum Gasteiger partial charge on any atom is -0.493 e. The molecule has 0 saturated heterocycles. The summed E-state index contributed by atoms with van der Waals surface area (Å²) in [7, 11) is 4.82. The number of aromatic nitrogens is 1. The van der Waals surface area contributed by atoms with Crippen LogP contribution in [0.5, 0.6) is 17.2 Å². The predicted octanol–water partition coefficient (Wildman–Crippen LogP) is 2.56. The molecule has 1 aromatic heterocycles. The van der Waals surface area contributed by atoms with Crippen LogP contribution in [-0.2, 0) is 6.42 Å². The van der Waals surface area contributed by atoms with Gasteiger partial charge in [-0.2, -0.15) is 0 Å². The molecule has 0 amide bonds. The number of nitrogens with zero attached hydrogens (tertiary/aromatic N) is 1. The second-order valence-electron chi connectivity index (χ2n) is 3.60. The first-order valence-corrected chi connectivity index (χ1v) is 6.25. The van der Waals surface area contributed by atoms with Crippen LogP contribution in [0.3, 0.4) is 0 Å². The molecule has 0 aliphatic heterocycles. The van der Waals surface area contributed by atoms with Crippen molar-refractivity contribution in [3.05, 3.63) is 34.3 Å². The number of hydrogen-bond acceptors (Lipinski definition) is 5. The van der Waals surface area contributed by atoms with Crippen LogP contribution >= 0.6 is 11.3 Å². The van der Waals surface area contributed by atoms with Gasteiger partial charge in [0, 0.05) is 11.3 Å². The minimum absolute atomic E-state index is 0.608. The largest absolute Gasteiger partial charge is 0.493 e. The summed E-state index contributed by atoms with van der Waals surface area (Å²) in [4.78, 5) is 5.02. The van der Waals surface area contributed by atoms with Gasteiger partial charge in [0.1, 0.15) is 6.20 Å². The molecule has 18 heavy (non-hydrogen) atoms. The molecule has 5 heteroatoms. The molecule has 0 aliphatic rings. The summed E-state index contributed by atoms with van der Waals surface area (Å²) in [6.07, 6.45) is 3.70. The van der Waals surface area contributed by atoms with Crippen molar-refractivity contribution in [2.75, 3.05) is 21.3 Å². The van der Waals surface area contributed by atoms with E-state index in [9.17, 15) is 0 Å².